The molecule has 17 heavy (non-hydrogen) atoms. The SMILES string of the molecule is CCC(CCN)N1CC2CCCCN2CC1C. The van der Waals surface area contributed by atoms with E-state index >= 15 is 0 Å². The van der Waals surface area contributed by atoms with Gasteiger partial charge in [-0.1, -0.05) is 13.3 Å². The van der Waals surface area contributed by atoms with Crippen molar-refractivity contribution in [2.75, 3.05) is 26.2 Å². The highest BCUT2D eigenvalue weighted by Gasteiger charge is 2.35. The number of piperidine rings is 1. The molecule has 2 saturated heterocycles. The molecule has 3 atom stereocenters. The Morgan fingerprint density at radius 2 is 2.12 bits per heavy atom. The first-order valence-electron chi connectivity index (χ1n) is 7.46. The summed E-state index contributed by atoms with van der Waals surface area (Å²) in [6.07, 6.45) is 6.64. The van der Waals surface area contributed by atoms with Crippen molar-refractivity contribution >= 4 is 0 Å². The first kappa shape index (κ1) is 13.3. The van der Waals surface area contributed by atoms with Crippen LogP contribution in [0.2, 0.25) is 0 Å². The smallest absolute Gasteiger partial charge is 0.0224 e. The molecule has 2 aliphatic heterocycles. The van der Waals surface area contributed by atoms with Crippen molar-refractivity contribution in [2.45, 2.75) is 64.1 Å². The van der Waals surface area contributed by atoms with Gasteiger partial charge in [-0.25, -0.2) is 0 Å². The number of fused-ring (bicyclic) bond motifs is 1. The fraction of sp³-hybridized carbons (Fsp3) is 1.00. The lowest BCUT2D eigenvalue weighted by atomic mass is 9.94. The largest absolute Gasteiger partial charge is 0.330 e. The van der Waals surface area contributed by atoms with E-state index in [1.165, 1.54) is 45.3 Å². The molecule has 3 nitrogen and oxygen atoms in total. The summed E-state index contributed by atoms with van der Waals surface area (Å²) >= 11 is 0. The summed E-state index contributed by atoms with van der Waals surface area (Å²) in [6.45, 7) is 9.41. The maximum atomic E-state index is 5.75. The summed E-state index contributed by atoms with van der Waals surface area (Å²) in [5, 5.41) is 0. The highest BCUT2D eigenvalue weighted by molar-refractivity contribution is 4.91. The van der Waals surface area contributed by atoms with Crippen molar-refractivity contribution in [3.05, 3.63) is 0 Å². The topological polar surface area (TPSA) is 32.5 Å². The first-order valence-corrected chi connectivity index (χ1v) is 7.46. The molecule has 0 bridgehead atoms. The van der Waals surface area contributed by atoms with Crippen LogP contribution >= 0.6 is 0 Å². The molecule has 0 aromatic rings. The van der Waals surface area contributed by atoms with E-state index in [1.54, 1.807) is 0 Å². The second kappa shape index (κ2) is 6.17. The van der Waals surface area contributed by atoms with Crippen LogP contribution in [-0.2, 0) is 0 Å². The van der Waals surface area contributed by atoms with Gasteiger partial charge in [0.1, 0.15) is 0 Å². The average Bonchev–Trinajstić information content (AvgIpc) is 2.35. The van der Waals surface area contributed by atoms with Gasteiger partial charge < -0.3 is 5.73 Å². The fourth-order valence-corrected chi connectivity index (χ4v) is 3.68. The van der Waals surface area contributed by atoms with Crippen LogP contribution in [0.5, 0.6) is 0 Å². The Morgan fingerprint density at radius 1 is 1.29 bits per heavy atom. The maximum absolute atomic E-state index is 5.75. The van der Waals surface area contributed by atoms with Crippen LogP contribution in [0.3, 0.4) is 0 Å². The normalized spacial score (nSPS) is 33.4. The molecule has 0 radical (unpaired) electrons. The van der Waals surface area contributed by atoms with Crippen LogP contribution in [0.4, 0.5) is 0 Å². The standard InChI is InChI=1S/C14H29N3/c1-3-13(7-8-15)17-11-14-6-4-5-9-16(14)10-12(17)2/h12-14H,3-11,15H2,1-2H3. The second-order valence-corrected chi connectivity index (χ2v) is 5.83. The summed E-state index contributed by atoms with van der Waals surface area (Å²) in [7, 11) is 0. The molecule has 2 N–H and O–H groups in total. The van der Waals surface area contributed by atoms with Crippen LogP contribution in [0.25, 0.3) is 0 Å². The van der Waals surface area contributed by atoms with Crippen molar-refractivity contribution < 1.29 is 0 Å². The molecule has 0 amide bonds. The zero-order chi connectivity index (χ0) is 12.3. The lowest BCUT2D eigenvalue weighted by Crippen LogP contribution is -2.61. The van der Waals surface area contributed by atoms with Gasteiger partial charge in [-0.3, -0.25) is 9.80 Å². The summed E-state index contributed by atoms with van der Waals surface area (Å²) < 4.78 is 0. The zero-order valence-electron chi connectivity index (χ0n) is 11.6. The molecule has 2 rings (SSSR count). The van der Waals surface area contributed by atoms with Gasteiger partial charge in [-0.05, 0) is 45.7 Å². The van der Waals surface area contributed by atoms with Gasteiger partial charge in [0.25, 0.3) is 0 Å². The van der Waals surface area contributed by atoms with Crippen molar-refractivity contribution in [1.29, 1.82) is 0 Å². The molecule has 100 valence electrons. The Morgan fingerprint density at radius 3 is 2.82 bits per heavy atom. The van der Waals surface area contributed by atoms with Gasteiger partial charge in [0.15, 0.2) is 0 Å². The lowest BCUT2D eigenvalue weighted by molar-refractivity contribution is -0.00998. The number of hydrogen-bond donors (Lipinski definition) is 1. The zero-order valence-corrected chi connectivity index (χ0v) is 11.6. The highest BCUT2D eigenvalue weighted by Crippen LogP contribution is 2.26. The van der Waals surface area contributed by atoms with Crippen LogP contribution in [0.15, 0.2) is 0 Å². The number of piperazine rings is 1. The number of nitrogens with zero attached hydrogens (tertiary/aromatic N) is 2. The monoisotopic (exact) mass is 239 g/mol. The Kier molecular flexibility index (Phi) is 4.83. The number of nitrogens with two attached hydrogens (primary N) is 1. The quantitative estimate of drug-likeness (QED) is 0.810. The van der Waals surface area contributed by atoms with Crippen LogP contribution in [0.1, 0.15) is 46.0 Å². The second-order valence-electron chi connectivity index (χ2n) is 5.83. The molecule has 2 heterocycles. The van der Waals surface area contributed by atoms with Crippen molar-refractivity contribution in [3.63, 3.8) is 0 Å². The maximum Gasteiger partial charge on any atom is 0.0224 e. The van der Waals surface area contributed by atoms with E-state index < -0.39 is 0 Å². The fourth-order valence-electron chi connectivity index (χ4n) is 3.68. The van der Waals surface area contributed by atoms with E-state index in [4.69, 9.17) is 5.73 Å². The molecule has 0 aromatic heterocycles. The Labute approximate surface area is 106 Å². The van der Waals surface area contributed by atoms with Gasteiger partial charge >= 0.3 is 0 Å². The molecule has 0 spiro atoms. The third-order valence-corrected chi connectivity index (χ3v) is 4.68. The average molecular weight is 239 g/mol. The minimum absolute atomic E-state index is 0.707. The van der Waals surface area contributed by atoms with E-state index in [0.29, 0.717) is 12.1 Å². The third-order valence-electron chi connectivity index (χ3n) is 4.68. The van der Waals surface area contributed by atoms with Gasteiger partial charge in [-0.15, -0.1) is 0 Å². The van der Waals surface area contributed by atoms with Gasteiger partial charge in [0.2, 0.25) is 0 Å². The van der Waals surface area contributed by atoms with E-state index in [9.17, 15) is 0 Å². The predicted molar refractivity (Wildman–Crippen MR) is 73.1 cm³/mol. The van der Waals surface area contributed by atoms with Gasteiger partial charge in [-0.2, -0.15) is 0 Å². The Hall–Kier alpha value is -0.120. The highest BCUT2D eigenvalue weighted by atomic mass is 15.3. The molecule has 0 aromatic carbocycles. The lowest BCUT2D eigenvalue weighted by Gasteiger charge is -2.50. The van der Waals surface area contributed by atoms with Crippen LogP contribution in [0, 0.1) is 0 Å². The van der Waals surface area contributed by atoms with E-state index in [1.807, 2.05) is 0 Å². The molecule has 2 fully saturated rings. The molecular formula is C14H29N3. The van der Waals surface area contributed by atoms with Crippen molar-refractivity contribution in [2.24, 2.45) is 5.73 Å². The first-order chi connectivity index (χ1) is 8.26. The van der Waals surface area contributed by atoms with E-state index in [0.717, 1.165) is 19.0 Å². The number of hydrogen-bond acceptors (Lipinski definition) is 3. The predicted octanol–water partition coefficient (Wildman–Crippen LogP) is 1.67. The molecule has 3 heteroatoms. The number of rotatable bonds is 4. The molecule has 0 aliphatic carbocycles. The van der Waals surface area contributed by atoms with Crippen LogP contribution < -0.4 is 5.73 Å². The molecular weight excluding hydrogens is 210 g/mol. The Bertz CT molecular complexity index is 232. The summed E-state index contributed by atoms with van der Waals surface area (Å²) in [5.74, 6) is 0. The molecule has 3 unspecified atom stereocenters. The van der Waals surface area contributed by atoms with Crippen molar-refractivity contribution in [3.8, 4) is 0 Å². The Balaban J connectivity index is 1.97. The van der Waals surface area contributed by atoms with E-state index in [2.05, 4.69) is 23.6 Å². The van der Waals surface area contributed by atoms with Crippen LogP contribution in [-0.4, -0.2) is 54.1 Å². The minimum Gasteiger partial charge on any atom is -0.330 e. The summed E-state index contributed by atoms with van der Waals surface area (Å²) in [6, 6.07) is 2.24. The molecule has 2 aliphatic rings. The molecule has 0 saturated carbocycles. The summed E-state index contributed by atoms with van der Waals surface area (Å²) in [5.41, 5.74) is 5.75. The third kappa shape index (κ3) is 3.01. The van der Waals surface area contributed by atoms with Gasteiger partial charge in [0.05, 0.1) is 0 Å². The minimum atomic E-state index is 0.707. The van der Waals surface area contributed by atoms with Crippen molar-refractivity contribution in [1.82, 2.24) is 9.80 Å². The summed E-state index contributed by atoms with van der Waals surface area (Å²) in [4.78, 5) is 5.46. The van der Waals surface area contributed by atoms with E-state index in [-0.39, 0.29) is 0 Å². The van der Waals surface area contributed by atoms with Gasteiger partial charge in [0, 0.05) is 31.2 Å².